The van der Waals surface area contributed by atoms with Crippen molar-refractivity contribution in [3.8, 4) is 0 Å². The van der Waals surface area contributed by atoms with Gasteiger partial charge in [0.1, 0.15) is 6.04 Å². The molecule has 3 heterocycles. The maximum absolute atomic E-state index is 13.7. The summed E-state index contributed by atoms with van der Waals surface area (Å²) in [6.07, 6.45) is 3.16. The zero-order valence-electron chi connectivity index (χ0n) is 21.0. The molecule has 2 aliphatic heterocycles. The first-order valence-electron chi connectivity index (χ1n) is 12.3. The normalized spacial score (nSPS) is 25.4. The number of carbonyl (C=O) groups is 2. The van der Waals surface area contributed by atoms with Crippen LogP contribution in [0, 0.1) is 12.8 Å². The molecule has 0 radical (unpaired) electrons. The fourth-order valence-corrected chi connectivity index (χ4v) is 6.73. The third kappa shape index (κ3) is 4.71. The number of aryl methyl sites for hydroxylation is 1. The van der Waals surface area contributed by atoms with Crippen LogP contribution in [0.1, 0.15) is 50.7 Å². The molecule has 3 N–H and O–H groups in total. The third-order valence-electron chi connectivity index (χ3n) is 7.66. The second-order valence-electron chi connectivity index (χ2n) is 10.1. The minimum atomic E-state index is -3.49. The van der Waals surface area contributed by atoms with Crippen molar-refractivity contribution in [2.24, 2.45) is 5.92 Å². The van der Waals surface area contributed by atoms with E-state index in [1.807, 2.05) is 38.2 Å². The highest BCUT2D eigenvalue weighted by molar-refractivity contribution is 7.88. The summed E-state index contributed by atoms with van der Waals surface area (Å²) in [5.74, 6) is -1.18. The molecule has 1 aromatic carbocycles. The number of aliphatic hydroxyl groups is 1. The number of nitrogens with zero attached hydrogens (tertiary/aromatic N) is 2. The smallest absolute Gasteiger partial charge is 0.248 e. The van der Waals surface area contributed by atoms with Crippen LogP contribution in [0.25, 0.3) is 10.9 Å². The van der Waals surface area contributed by atoms with Crippen LogP contribution in [-0.4, -0.2) is 83.1 Å². The Morgan fingerprint density at radius 2 is 2.00 bits per heavy atom. The van der Waals surface area contributed by atoms with E-state index in [1.54, 1.807) is 11.8 Å². The van der Waals surface area contributed by atoms with Gasteiger partial charge in [-0.1, -0.05) is 26.0 Å². The van der Waals surface area contributed by atoms with Gasteiger partial charge < -0.3 is 20.3 Å². The summed E-state index contributed by atoms with van der Waals surface area (Å²) in [5.41, 5.74) is 3.05. The monoisotopic (exact) mass is 504 g/mol. The molecule has 2 fully saturated rings. The highest BCUT2D eigenvalue weighted by atomic mass is 32.2. The average molecular weight is 505 g/mol. The number of amides is 2. The van der Waals surface area contributed by atoms with Gasteiger partial charge in [-0.3, -0.25) is 9.59 Å². The van der Waals surface area contributed by atoms with Crippen LogP contribution in [-0.2, 0) is 19.6 Å². The van der Waals surface area contributed by atoms with E-state index in [1.165, 1.54) is 17.5 Å². The van der Waals surface area contributed by atoms with Gasteiger partial charge in [0, 0.05) is 48.1 Å². The van der Waals surface area contributed by atoms with Gasteiger partial charge in [-0.25, -0.2) is 8.42 Å². The van der Waals surface area contributed by atoms with Crippen molar-refractivity contribution in [2.75, 3.05) is 19.3 Å². The molecule has 0 saturated carbocycles. The van der Waals surface area contributed by atoms with Crippen LogP contribution in [0.5, 0.6) is 0 Å². The number of nitrogens with one attached hydrogen (secondary N) is 2. The third-order valence-corrected chi connectivity index (χ3v) is 8.93. The number of hydrogen-bond donors (Lipinski definition) is 3. The van der Waals surface area contributed by atoms with Gasteiger partial charge in [-0.05, 0) is 43.9 Å². The van der Waals surface area contributed by atoms with Crippen LogP contribution in [0.2, 0.25) is 0 Å². The van der Waals surface area contributed by atoms with Crippen molar-refractivity contribution in [2.45, 2.75) is 70.7 Å². The number of aromatic nitrogens is 1. The minimum Gasteiger partial charge on any atom is -0.391 e. The van der Waals surface area contributed by atoms with Crippen molar-refractivity contribution in [3.05, 3.63) is 35.5 Å². The molecule has 0 spiro atoms. The number of H-pyrrole nitrogens is 1. The van der Waals surface area contributed by atoms with E-state index in [0.717, 1.165) is 22.0 Å². The second kappa shape index (κ2) is 9.55. The summed E-state index contributed by atoms with van der Waals surface area (Å²) < 4.78 is 26.9. The largest absolute Gasteiger partial charge is 0.391 e. The molecule has 10 heteroatoms. The lowest BCUT2D eigenvalue weighted by atomic mass is 9.90. The molecule has 6 atom stereocenters. The number of hydrogen-bond acceptors (Lipinski definition) is 5. The summed E-state index contributed by atoms with van der Waals surface area (Å²) >= 11 is 0. The highest BCUT2D eigenvalue weighted by Gasteiger charge is 2.54. The van der Waals surface area contributed by atoms with Crippen LogP contribution in [0.4, 0.5) is 0 Å². The molecule has 2 saturated heterocycles. The van der Waals surface area contributed by atoms with Crippen LogP contribution in [0.15, 0.2) is 24.4 Å². The predicted octanol–water partition coefficient (Wildman–Crippen LogP) is 1.72. The lowest BCUT2D eigenvalue weighted by Gasteiger charge is -2.33. The van der Waals surface area contributed by atoms with E-state index in [-0.39, 0.29) is 42.3 Å². The second-order valence-corrected chi connectivity index (χ2v) is 12.1. The average Bonchev–Trinajstić information content (AvgIpc) is 3.49. The first-order valence-corrected chi connectivity index (χ1v) is 14.1. The van der Waals surface area contributed by atoms with Gasteiger partial charge in [0.15, 0.2) is 0 Å². The number of sulfonamides is 1. The van der Waals surface area contributed by atoms with Gasteiger partial charge in [-0.15, -0.1) is 0 Å². The van der Waals surface area contributed by atoms with E-state index in [2.05, 4.69) is 10.3 Å². The molecular formula is C25H36N4O5S. The molecular weight excluding hydrogens is 468 g/mol. The number of aromatic amines is 1. The number of benzene rings is 1. The summed E-state index contributed by atoms with van der Waals surface area (Å²) in [4.78, 5) is 31.3. The van der Waals surface area contributed by atoms with Crippen molar-refractivity contribution in [3.63, 3.8) is 0 Å². The molecule has 1 aromatic heterocycles. The molecule has 0 aliphatic carbocycles. The first kappa shape index (κ1) is 25.7. The Kier molecular flexibility index (Phi) is 7.00. The Labute approximate surface area is 206 Å². The Hall–Kier alpha value is -2.43. The maximum atomic E-state index is 13.7. The Morgan fingerprint density at radius 3 is 2.63 bits per heavy atom. The lowest BCUT2D eigenvalue weighted by molar-refractivity contribution is -0.141. The van der Waals surface area contributed by atoms with Crippen molar-refractivity contribution < 1.29 is 23.1 Å². The molecule has 35 heavy (non-hydrogen) atoms. The summed E-state index contributed by atoms with van der Waals surface area (Å²) in [5, 5.41) is 14.1. The predicted molar refractivity (Wildman–Crippen MR) is 134 cm³/mol. The SMILES string of the molecule is CC[C@@H](C)C(=O)N[C@H](C(=O)N1CC[C@@H]2[C@H]1[C@@H](c1c[nH]c3cc(C)ccc13)CN2S(C)(=O)=O)[C@@H](C)O. The van der Waals surface area contributed by atoms with Gasteiger partial charge in [0.2, 0.25) is 21.8 Å². The van der Waals surface area contributed by atoms with Crippen molar-refractivity contribution >= 4 is 32.7 Å². The van der Waals surface area contributed by atoms with E-state index >= 15 is 0 Å². The van der Waals surface area contributed by atoms with E-state index < -0.39 is 22.2 Å². The van der Waals surface area contributed by atoms with Gasteiger partial charge in [0.05, 0.1) is 18.4 Å². The van der Waals surface area contributed by atoms with E-state index in [0.29, 0.717) is 19.4 Å². The molecule has 0 unspecified atom stereocenters. The lowest BCUT2D eigenvalue weighted by Crippen LogP contribution is -2.56. The zero-order valence-corrected chi connectivity index (χ0v) is 21.8. The fraction of sp³-hybridized carbons (Fsp3) is 0.600. The quantitative estimate of drug-likeness (QED) is 0.530. The summed E-state index contributed by atoms with van der Waals surface area (Å²) in [7, 11) is -3.49. The molecule has 2 aliphatic rings. The van der Waals surface area contributed by atoms with Crippen molar-refractivity contribution in [1.82, 2.24) is 19.5 Å². The molecule has 192 valence electrons. The van der Waals surface area contributed by atoms with Gasteiger partial charge >= 0.3 is 0 Å². The van der Waals surface area contributed by atoms with Crippen LogP contribution >= 0.6 is 0 Å². The number of likely N-dealkylation sites (tertiary alicyclic amines) is 1. The molecule has 2 amide bonds. The number of carbonyl (C=O) groups excluding carboxylic acids is 2. The molecule has 2 aromatic rings. The zero-order chi connectivity index (χ0) is 25.7. The van der Waals surface area contributed by atoms with Crippen LogP contribution in [0.3, 0.4) is 0 Å². The Balaban J connectivity index is 1.71. The highest BCUT2D eigenvalue weighted by Crippen LogP contribution is 2.44. The Bertz CT molecular complexity index is 1220. The Morgan fingerprint density at radius 1 is 1.29 bits per heavy atom. The van der Waals surface area contributed by atoms with Gasteiger partial charge in [0.25, 0.3) is 0 Å². The molecule has 9 nitrogen and oxygen atoms in total. The minimum absolute atomic E-state index is 0.238. The maximum Gasteiger partial charge on any atom is 0.248 e. The topological polar surface area (TPSA) is 123 Å². The van der Waals surface area contributed by atoms with Crippen molar-refractivity contribution in [1.29, 1.82) is 0 Å². The summed E-state index contributed by atoms with van der Waals surface area (Å²) in [6, 6.07) is 4.26. The first-order chi connectivity index (χ1) is 16.4. The van der Waals surface area contributed by atoms with E-state index in [9.17, 15) is 23.1 Å². The van der Waals surface area contributed by atoms with Crippen LogP contribution < -0.4 is 5.32 Å². The fourth-order valence-electron chi connectivity index (χ4n) is 5.57. The number of aliphatic hydroxyl groups excluding tert-OH is 1. The molecule has 0 bridgehead atoms. The van der Waals surface area contributed by atoms with E-state index in [4.69, 9.17) is 0 Å². The molecule has 4 rings (SSSR count). The van der Waals surface area contributed by atoms with Gasteiger partial charge in [-0.2, -0.15) is 4.31 Å². The number of fused-ring (bicyclic) bond motifs is 2. The number of rotatable bonds is 7. The summed E-state index contributed by atoms with van der Waals surface area (Å²) in [6.45, 7) is 7.81. The standard InChI is InChI=1S/C25H36N4O5S/c1-6-15(3)24(31)27-22(16(4)30)25(32)28-10-9-21-23(28)19(13-29(21)35(5,33)34)18-12-26-20-11-14(2)7-8-17(18)20/h7-8,11-12,15-16,19,21-23,26,30H,6,9-10,13H2,1-5H3,(H,27,31)/t15-,16-,19-,21-,22+,23-/m1/s1.